The molecule has 0 radical (unpaired) electrons. The zero-order valence-electron chi connectivity index (χ0n) is 9.48. The van der Waals surface area contributed by atoms with Gasteiger partial charge in [-0.1, -0.05) is 0 Å². The minimum absolute atomic E-state index is 0.795. The minimum Gasteiger partial charge on any atom is -0.319 e. The number of aromatic nitrogens is 3. The third kappa shape index (κ3) is 2.54. The van der Waals surface area contributed by atoms with Gasteiger partial charge >= 0.3 is 0 Å². The molecule has 1 saturated heterocycles. The molecule has 5 heteroatoms. The molecule has 1 N–H and O–H groups in total. The van der Waals surface area contributed by atoms with Crippen molar-refractivity contribution in [1.29, 1.82) is 0 Å². The van der Waals surface area contributed by atoms with Crippen LogP contribution in [-0.2, 0) is 13.6 Å². The lowest BCUT2D eigenvalue weighted by atomic mass is 10.1. The van der Waals surface area contributed by atoms with Gasteiger partial charge in [0.05, 0.1) is 6.54 Å². The molecule has 1 aromatic rings. The number of nitrogens with one attached hydrogen (secondary N) is 1. The summed E-state index contributed by atoms with van der Waals surface area (Å²) in [6, 6.07) is 0. The van der Waals surface area contributed by atoms with Gasteiger partial charge in [0.2, 0.25) is 0 Å². The number of hydrogen-bond donors (Lipinski definition) is 1. The maximum atomic E-state index is 4.24. The quantitative estimate of drug-likeness (QED) is 0.749. The van der Waals surface area contributed by atoms with Crippen molar-refractivity contribution in [2.45, 2.75) is 13.0 Å². The van der Waals surface area contributed by atoms with E-state index in [2.05, 4.69) is 20.3 Å². The Kier molecular flexibility index (Phi) is 3.33. The Hall–Kier alpha value is -0.940. The fraction of sp³-hybridized carbons (Fsp3) is 0.800. The molecular formula is C10H19N5. The first-order chi connectivity index (χ1) is 7.29. The third-order valence-electron chi connectivity index (χ3n) is 3.03. The molecule has 0 aliphatic carbocycles. The summed E-state index contributed by atoms with van der Waals surface area (Å²) < 4.78 is 1.85. The summed E-state index contributed by atoms with van der Waals surface area (Å²) in [6.07, 6.45) is 2.91. The molecule has 2 rings (SSSR count). The molecule has 1 aromatic heterocycles. The Balaban J connectivity index is 1.85. The van der Waals surface area contributed by atoms with E-state index < -0.39 is 0 Å². The lowest BCUT2D eigenvalue weighted by molar-refractivity contribution is 0.302. The number of likely N-dealkylation sites (tertiary alicyclic amines) is 1. The molecule has 0 bridgehead atoms. The van der Waals surface area contributed by atoms with Crippen LogP contribution in [-0.4, -0.2) is 46.3 Å². The van der Waals surface area contributed by atoms with Gasteiger partial charge in [0.15, 0.2) is 0 Å². The first-order valence-electron chi connectivity index (χ1n) is 5.49. The predicted octanol–water partition coefficient (Wildman–Crippen LogP) is -0.144. The Morgan fingerprint density at radius 2 is 2.47 bits per heavy atom. The molecule has 2 heterocycles. The zero-order chi connectivity index (χ0) is 10.7. The van der Waals surface area contributed by atoms with Crippen molar-refractivity contribution in [1.82, 2.24) is 25.0 Å². The first kappa shape index (κ1) is 10.6. The van der Waals surface area contributed by atoms with Crippen LogP contribution < -0.4 is 5.32 Å². The average molecular weight is 209 g/mol. The van der Waals surface area contributed by atoms with E-state index in [1.165, 1.54) is 19.5 Å². The maximum Gasteiger partial charge on any atom is 0.140 e. The van der Waals surface area contributed by atoms with Crippen molar-refractivity contribution in [3.63, 3.8) is 0 Å². The normalized spacial score (nSPS) is 22.4. The van der Waals surface area contributed by atoms with E-state index in [1.54, 1.807) is 6.33 Å². The van der Waals surface area contributed by atoms with Crippen molar-refractivity contribution in [2.75, 3.05) is 26.7 Å². The smallest absolute Gasteiger partial charge is 0.140 e. The van der Waals surface area contributed by atoms with Gasteiger partial charge in [0.25, 0.3) is 0 Å². The molecule has 15 heavy (non-hydrogen) atoms. The second-order valence-electron chi connectivity index (χ2n) is 4.25. The van der Waals surface area contributed by atoms with E-state index in [0.29, 0.717) is 0 Å². The Labute approximate surface area is 90.5 Å². The van der Waals surface area contributed by atoms with E-state index >= 15 is 0 Å². The van der Waals surface area contributed by atoms with Crippen molar-refractivity contribution in [3.8, 4) is 0 Å². The Morgan fingerprint density at radius 1 is 1.60 bits per heavy atom. The summed E-state index contributed by atoms with van der Waals surface area (Å²) in [7, 11) is 3.97. The molecule has 1 atom stereocenters. The molecule has 1 fully saturated rings. The monoisotopic (exact) mass is 209 g/mol. The van der Waals surface area contributed by atoms with Gasteiger partial charge in [-0.25, -0.2) is 4.98 Å². The predicted molar refractivity (Wildman–Crippen MR) is 58.3 cm³/mol. The van der Waals surface area contributed by atoms with Crippen molar-refractivity contribution in [3.05, 3.63) is 12.2 Å². The standard InChI is InChI=1S/C10H19N5/c1-11-5-9-3-4-15(6-9)7-10-12-8-13-14(10)2/h8-9,11H,3-7H2,1-2H3. The van der Waals surface area contributed by atoms with Crippen LogP contribution in [0.5, 0.6) is 0 Å². The number of nitrogens with zero attached hydrogens (tertiary/aromatic N) is 4. The Morgan fingerprint density at radius 3 is 3.13 bits per heavy atom. The third-order valence-corrected chi connectivity index (χ3v) is 3.03. The van der Waals surface area contributed by atoms with Crippen LogP contribution in [0, 0.1) is 5.92 Å². The van der Waals surface area contributed by atoms with Crippen LogP contribution in [0.1, 0.15) is 12.2 Å². The number of hydrogen-bond acceptors (Lipinski definition) is 4. The molecule has 1 unspecified atom stereocenters. The SMILES string of the molecule is CNCC1CCN(Cc2ncnn2C)C1. The van der Waals surface area contributed by atoms with Gasteiger partial charge in [0, 0.05) is 13.6 Å². The molecule has 0 amide bonds. The van der Waals surface area contributed by atoms with Crippen molar-refractivity contribution < 1.29 is 0 Å². The summed E-state index contributed by atoms with van der Waals surface area (Å²) in [4.78, 5) is 6.70. The molecular weight excluding hydrogens is 190 g/mol. The van der Waals surface area contributed by atoms with Gasteiger partial charge in [-0.05, 0) is 32.5 Å². The molecule has 0 aromatic carbocycles. The second-order valence-corrected chi connectivity index (χ2v) is 4.25. The lowest BCUT2D eigenvalue weighted by Gasteiger charge is -2.14. The highest BCUT2D eigenvalue weighted by atomic mass is 15.3. The summed E-state index contributed by atoms with van der Waals surface area (Å²) in [5.74, 6) is 1.85. The van der Waals surface area contributed by atoms with E-state index in [9.17, 15) is 0 Å². The lowest BCUT2D eigenvalue weighted by Crippen LogP contribution is -2.25. The van der Waals surface area contributed by atoms with E-state index in [0.717, 1.165) is 24.8 Å². The van der Waals surface area contributed by atoms with Crippen LogP contribution in [0.2, 0.25) is 0 Å². The molecule has 1 aliphatic rings. The summed E-state index contributed by atoms with van der Waals surface area (Å²) >= 11 is 0. The minimum atomic E-state index is 0.795. The largest absolute Gasteiger partial charge is 0.319 e. The highest BCUT2D eigenvalue weighted by Gasteiger charge is 2.22. The Bertz CT molecular complexity index is 309. The van der Waals surface area contributed by atoms with Gasteiger partial charge in [-0.3, -0.25) is 9.58 Å². The number of rotatable bonds is 4. The summed E-state index contributed by atoms with van der Waals surface area (Å²) in [5, 5.41) is 7.32. The van der Waals surface area contributed by atoms with E-state index in [1.807, 2.05) is 18.8 Å². The van der Waals surface area contributed by atoms with Gasteiger partial charge in [-0.15, -0.1) is 0 Å². The second kappa shape index (κ2) is 4.72. The highest BCUT2D eigenvalue weighted by Crippen LogP contribution is 2.16. The van der Waals surface area contributed by atoms with Crippen LogP contribution in [0.25, 0.3) is 0 Å². The van der Waals surface area contributed by atoms with Crippen LogP contribution in [0.15, 0.2) is 6.33 Å². The molecule has 1 aliphatic heterocycles. The molecule has 0 saturated carbocycles. The van der Waals surface area contributed by atoms with Crippen LogP contribution in [0.4, 0.5) is 0 Å². The van der Waals surface area contributed by atoms with Crippen molar-refractivity contribution in [2.24, 2.45) is 13.0 Å². The number of aryl methyl sites for hydroxylation is 1. The average Bonchev–Trinajstić information content (AvgIpc) is 2.79. The summed E-state index contributed by atoms with van der Waals surface area (Å²) in [6.45, 7) is 4.40. The van der Waals surface area contributed by atoms with E-state index in [4.69, 9.17) is 0 Å². The fourth-order valence-electron chi connectivity index (χ4n) is 2.18. The van der Waals surface area contributed by atoms with Gasteiger partial charge in [-0.2, -0.15) is 5.10 Å². The molecule has 84 valence electrons. The maximum absolute atomic E-state index is 4.24. The highest BCUT2D eigenvalue weighted by molar-refractivity contribution is 4.86. The van der Waals surface area contributed by atoms with Gasteiger partial charge in [0.1, 0.15) is 12.2 Å². The first-order valence-corrected chi connectivity index (χ1v) is 5.49. The van der Waals surface area contributed by atoms with Crippen molar-refractivity contribution >= 4 is 0 Å². The molecule has 0 spiro atoms. The fourth-order valence-corrected chi connectivity index (χ4v) is 2.18. The molecule has 5 nitrogen and oxygen atoms in total. The van der Waals surface area contributed by atoms with Crippen LogP contribution >= 0.6 is 0 Å². The zero-order valence-corrected chi connectivity index (χ0v) is 9.48. The van der Waals surface area contributed by atoms with Gasteiger partial charge < -0.3 is 5.32 Å². The van der Waals surface area contributed by atoms with Crippen LogP contribution in [0.3, 0.4) is 0 Å². The van der Waals surface area contributed by atoms with E-state index in [-0.39, 0.29) is 0 Å². The summed E-state index contributed by atoms with van der Waals surface area (Å²) in [5.41, 5.74) is 0. The topological polar surface area (TPSA) is 46.0 Å².